The molecular formula is C20H24N2O4S. The molecule has 2 aromatic carbocycles. The van der Waals surface area contributed by atoms with Crippen molar-refractivity contribution in [3.63, 3.8) is 0 Å². The number of carbonyl (C=O) groups excluding carboxylic acids is 2. The van der Waals surface area contributed by atoms with E-state index in [1.54, 1.807) is 74.5 Å². The number of nitrogens with one attached hydrogen (secondary N) is 2. The van der Waals surface area contributed by atoms with Crippen LogP contribution in [0.25, 0.3) is 0 Å². The van der Waals surface area contributed by atoms with E-state index in [2.05, 4.69) is 10.6 Å². The Morgan fingerprint density at radius 1 is 0.741 bits per heavy atom. The molecule has 0 aliphatic rings. The first kappa shape index (κ1) is 20.6. The van der Waals surface area contributed by atoms with Crippen LogP contribution in [0.2, 0.25) is 0 Å². The smallest absolute Gasteiger partial charge is 0.225 e. The molecule has 2 aromatic rings. The quantitative estimate of drug-likeness (QED) is 0.606. The van der Waals surface area contributed by atoms with Crippen LogP contribution in [-0.4, -0.2) is 37.5 Å². The number of amides is 2. The number of methoxy groups -OCH3 is 2. The number of hydrogen-bond acceptors (Lipinski definition) is 5. The van der Waals surface area contributed by atoms with Gasteiger partial charge in [0.1, 0.15) is 11.5 Å². The Labute approximate surface area is 163 Å². The van der Waals surface area contributed by atoms with E-state index in [-0.39, 0.29) is 11.8 Å². The van der Waals surface area contributed by atoms with Crippen molar-refractivity contribution in [2.75, 3.05) is 36.4 Å². The second-order valence-electron chi connectivity index (χ2n) is 5.67. The molecule has 2 N–H and O–H groups in total. The Balaban J connectivity index is 1.58. The summed E-state index contributed by atoms with van der Waals surface area (Å²) in [5.41, 5.74) is 1.48. The zero-order valence-electron chi connectivity index (χ0n) is 15.5. The van der Waals surface area contributed by atoms with E-state index < -0.39 is 0 Å². The molecule has 0 heterocycles. The molecule has 6 nitrogen and oxygen atoms in total. The van der Waals surface area contributed by atoms with Crippen LogP contribution in [0.1, 0.15) is 12.8 Å². The van der Waals surface area contributed by atoms with Gasteiger partial charge in [-0.05, 0) is 48.5 Å². The van der Waals surface area contributed by atoms with E-state index in [4.69, 9.17) is 9.47 Å². The average molecular weight is 388 g/mol. The first-order valence-corrected chi connectivity index (χ1v) is 9.71. The predicted octanol–water partition coefficient (Wildman–Crippen LogP) is 3.79. The highest BCUT2D eigenvalue weighted by molar-refractivity contribution is 7.99. The van der Waals surface area contributed by atoms with E-state index in [1.165, 1.54) is 0 Å². The van der Waals surface area contributed by atoms with Gasteiger partial charge in [0.15, 0.2) is 0 Å². The molecule has 27 heavy (non-hydrogen) atoms. The summed E-state index contributed by atoms with van der Waals surface area (Å²) in [6, 6.07) is 14.4. The largest absolute Gasteiger partial charge is 0.497 e. The van der Waals surface area contributed by atoms with E-state index in [1.807, 2.05) is 0 Å². The van der Waals surface area contributed by atoms with Crippen LogP contribution in [0.3, 0.4) is 0 Å². The van der Waals surface area contributed by atoms with E-state index in [9.17, 15) is 9.59 Å². The number of thioether (sulfide) groups is 1. The fraction of sp³-hybridized carbons (Fsp3) is 0.300. The van der Waals surface area contributed by atoms with Crippen molar-refractivity contribution in [3.8, 4) is 11.5 Å². The minimum absolute atomic E-state index is 0.0460. The molecule has 0 spiro atoms. The number of benzene rings is 2. The van der Waals surface area contributed by atoms with Gasteiger partial charge in [0, 0.05) is 35.7 Å². The van der Waals surface area contributed by atoms with Gasteiger partial charge >= 0.3 is 0 Å². The second-order valence-corrected chi connectivity index (χ2v) is 6.89. The van der Waals surface area contributed by atoms with Gasteiger partial charge in [0.2, 0.25) is 11.8 Å². The molecule has 0 fully saturated rings. The summed E-state index contributed by atoms with van der Waals surface area (Å²) in [7, 11) is 3.20. The number of carbonyl (C=O) groups is 2. The molecule has 7 heteroatoms. The number of hydrogen-bond donors (Lipinski definition) is 2. The highest BCUT2D eigenvalue weighted by Crippen LogP contribution is 2.17. The minimum Gasteiger partial charge on any atom is -0.497 e. The SMILES string of the molecule is COc1ccc(NC(=O)CCSCCC(=O)Nc2ccc(OC)cc2)cc1. The van der Waals surface area contributed by atoms with Gasteiger partial charge in [0.05, 0.1) is 14.2 Å². The van der Waals surface area contributed by atoms with Crippen molar-refractivity contribution in [1.29, 1.82) is 0 Å². The lowest BCUT2D eigenvalue weighted by molar-refractivity contribution is -0.116. The lowest BCUT2D eigenvalue weighted by Crippen LogP contribution is -2.14. The van der Waals surface area contributed by atoms with Crippen LogP contribution in [-0.2, 0) is 9.59 Å². The lowest BCUT2D eigenvalue weighted by Gasteiger charge is -2.07. The minimum atomic E-state index is -0.0460. The lowest BCUT2D eigenvalue weighted by atomic mass is 10.3. The van der Waals surface area contributed by atoms with Crippen molar-refractivity contribution >= 4 is 35.0 Å². The highest BCUT2D eigenvalue weighted by Gasteiger charge is 2.05. The Bertz CT molecular complexity index is 669. The van der Waals surface area contributed by atoms with Crippen molar-refractivity contribution in [3.05, 3.63) is 48.5 Å². The first-order valence-electron chi connectivity index (χ1n) is 8.56. The van der Waals surface area contributed by atoms with Crippen LogP contribution < -0.4 is 20.1 Å². The van der Waals surface area contributed by atoms with Crippen LogP contribution in [0.15, 0.2) is 48.5 Å². The van der Waals surface area contributed by atoms with Crippen LogP contribution in [0.5, 0.6) is 11.5 Å². The Hall–Kier alpha value is -2.67. The molecular weight excluding hydrogens is 364 g/mol. The summed E-state index contributed by atoms with van der Waals surface area (Å²) in [6.45, 7) is 0. The molecule has 0 aliphatic carbocycles. The maximum absolute atomic E-state index is 11.9. The Kier molecular flexibility index (Phi) is 8.51. The summed E-state index contributed by atoms with van der Waals surface area (Å²) < 4.78 is 10.2. The molecule has 0 unspecified atom stereocenters. The third-order valence-corrected chi connectivity index (χ3v) is 4.68. The highest BCUT2D eigenvalue weighted by atomic mass is 32.2. The van der Waals surface area contributed by atoms with Crippen molar-refractivity contribution in [2.45, 2.75) is 12.8 Å². The van der Waals surface area contributed by atoms with Gasteiger partial charge in [0.25, 0.3) is 0 Å². The van der Waals surface area contributed by atoms with Crippen molar-refractivity contribution in [1.82, 2.24) is 0 Å². The van der Waals surface area contributed by atoms with E-state index in [0.717, 1.165) is 22.9 Å². The number of anilines is 2. The average Bonchev–Trinajstić information content (AvgIpc) is 2.69. The third kappa shape index (κ3) is 7.62. The maximum atomic E-state index is 11.9. The molecule has 0 bridgehead atoms. The maximum Gasteiger partial charge on any atom is 0.225 e. The summed E-state index contributed by atoms with van der Waals surface area (Å²) in [5, 5.41) is 5.68. The van der Waals surface area contributed by atoms with Gasteiger partial charge < -0.3 is 20.1 Å². The summed E-state index contributed by atoms with van der Waals surface area (Å²) in [4.78, 5) is 23.8. The van der Waals surface area contributed by atoms with Crippen molar-refractivity contribution in [2.24, 2.45) is 0 Å². The van der Waals surface area contributed by atoms with Crippen molar-refractivity contribution < 1.29 is 19.1 Å². The van der Waals surface area contributed by atoms with Gasteiger partial charge in [-0.1, -0.05) is 0 Å². The van der Waals surface area contributed by atoms with Gasteiger partial charge in [-0.15, -0.1) is 0 Å². The van der Waals surface area contributed by atoms with Crippen LogP contribution >= 0.6 is 11.8 Å². The summed E-state index contributed by atoms with van der Waals surface area (Å²) >= 11 is 1.58. The number of rotatable bonds is 10. The normalized spacial score (nSPS) is 10.1. The Morgan fingerprint density at radius 3 is 1.44 bits per heavy atom. The van der Waals surface area contributed by atoms with E-state index >= 15 is 0 Å². The molecule has 144 valence electrons. The zero-order chi connectivity index (χ0) is 19.5. The fourth-order valence-corrected chi connectivity index (χ4v) is 3.09. The molecule has 2 amide bonds. The van der Waals surface area contributed by atoms with Crippen LogP contribution in [0, 0.1) is 0 Å². The third-order valence-electron chi connectivity index (χ3n) is 3.69. The first-order chi connectivity index (χ1) is 13.1. The standard InChI is InChI=1S/C20H24N2O4S/c1-25-17-7-3-15(4-8-17)21-19(23)11-13-27-14-12-20(24)22-16-5-9-18(26-2)10-6-16/h3-10H,11-14H2,1-2H3,(H,21,23)(H,22,24). The molecule has 0 aliphatic heterocycles. The van der Waals surface area contributed by atoms with Crippen LogP contribution in [0.4, 0.5) is 11.4 Å². The van der Waals surface area contributed by atoms with Gasteiger partial charge in [-0.3, -0.25) is 9.59 Å². The predicted molar refractivity (Wildman–Crippen MR) is 110 cm³/mol. The Morgan fingerprint density at radius 2 is 1.11 bits per heavy atom. The molecule has 0 atom stereocenters. The second kappa shape index (κ2) is 11.1. The molecule has 0 saturated carbocycles. The van der Waals surface area contributed by atoms with Gasteiger partial charge in [-0.25, -0.2) is 0 Å². The summed E-state index contributed by atoms with van der Waals surface area (Å²) in [5.74, 6) is 2.73. The van der Waals surface area contributed by atoms with E-state index in [0.29, 0.717) is 24.3 Å². The summed E-state index contributed by atoms with van der Waals surface area (Å²) in [6.07, 6.45) is 0.799. The molecule has 0 aromatic heterocycles. The fourth-order valence-electron chi connectivity index (χ4n) is 2.23. The topological polar surface area (TPSA) is 76.7 Å². The molecule has 0 saturated heterocycles. The monoisotopic (exact) mass is 388 g/mol. The zero-order valence-corrected chi connectivity index (χ0v) is 16.3. The molecule has 0 radical (unpaired) electrons. The van der Waals surface area contributed by atoms with Gasteiger partial charge in [-0.2, -0.15) is 11.8 Å². The molecule has 2 rings (SSSR count). The number of ether oxygens (including phenoxy) is 2.